The van der Waals surface area contributed by atoms with Gasteiger partial charge in [0, 0.05) is 105 Å². The molecule has 0 saturated heterocycles. The van der Waals surface area contributed by atoms with Crippen LogP contribution in [0.5, 0.6) is 0 Å². The maximum atomic E-state index is 0. The normalized spacial score (nSPS) is 0. The fraction of sp³-hybridized carbons (Fsp3) is 0. The molecule has 0 aromatic rings. The molecule has 0 aliphatic carbocycles. The van der Waals surface area contributed by atoms with Crippen LogP contribution in [0, 0.1) is 76.9 Å². The van der Waals surface area contributed by atoms with Gasteiger partial charge in [-0.25, -0.2) is 0 Å². The van der Waals surface area contributed by atoms with Crippen LogP contribution in [0.25, 0.3) is 0 Å². The van der Waals surface area contributed by atoms with E-state index in [-0.39, 0.29) is 105 Å². The second-order valence-electron chi connectivity index (χ2n) is 0. The van der Waals surface area contributed by atoms with Crippen molar-refractivity contribution in [2.75, 3.05) is 0 Å². The van der Waals surface area contributed by atoms with Crippen molar-refractivity contribution in [3.05, 3.63) is 0 Å². The number of rotatable bonds is 0. The second-order valence-corrected chi connectivity index (χ2v) is 0. The van der Waals surface area contributed by atoms with Crippen molar-refractivity contribution in [3.63, 3.8) is 0 Å². The predicted molar refractivity (Wildman–Crippen MR) is 5.75 cm³/mol. The molecule has 18 valence electrons. The maximum Gasteiger partial charge on any atom is 0 e. The van der Waals surface area contributed by atoms with Crippen molar-refractivity contribution >= 4 is 11.0 Å². The van der Waals surface area contributed by atoms with Gasteiger partial charge in [0.1, 0.15) is 0 Å². The van der Waals surface area contributed by atoms with E-state index in [1.165, 1.54) is 0 Å². The fourth-order valence-electron chi connectivity index (χ4n) is 0. The zero-order valence-electron chi connectivity index (χ0n) is 2.01. The standard InChI is InChI=1S/Fe.La.Pr.Si. The summed E-state index contributed by atoms with van der Waals surface area (Å²) in [6.07, 6.45) is 0. The van der Waals surface area contributed by atoms with E-state index in [1.54, 1.807) is 0 Å². The summed E-state index contributed by atoms with van der Waals surface area (Å²) >= 11 is 0. The summed E-state index contributed by atoms with van der Waals surface area (Å²) in [5, 5.41) is 0. The maximum absolute atomic E-state index is 0. The molecule has 0 heterocycles. The van der Waals surface area contributed by atoms with Crippen molar-refractivity contribution in [1.29, 1.82) is 0 Å². The van der Waals surface area contributed by atoms with Crippen molar-refractivity contribution < 1.29 is 94.0 Å². The minimum atomic E-state index is 0. The summed E-state index contributed by atoms with van der Waals surface area (Å²) in [7, 11) is 0. The van der Waals surface area contributed by atoms with Crippen LogP contribution in [-0.4, -0.2) is 11.0 Å². The topological polar surface area (TPSA) is 0 Å². The molecular weight excluding hydrogens is 364 g/mol. The van der Waals surface area contributed by atoms with Crippen LogP contribution in [0.3, 0.4) is 0 Å². The molecule has 0 aromatic carbocycles. The van der Waals surface area contributed by atoms with Crippen LogP contribution < -0.4 is 0 Å². The summed E-state index contributed by atoms with van der Waals surface area (Å²) in [5.41, 5.74) is 0. The molecule has 4 heteroatoms. The van der Waals surface area contributed by atoms with Gasteiger partial charge in [-0.3, -0.25) is 0 Å². The molecule has 0 nitrogen and oxygen atoms in total. The minimum absolute atomic E-state index is 0. The van der Waals surface area contributed by atoms with E-state index in [2.05, 4.69) is 0 Å². The van der Waals surface area contributed by atoms with Crippen LogP contribution in [-0.2, 0) is 17.1 Å². The van der Waals surface area contributed by atoms with Crippen molar-refractivity contribution in [2.45, 2.75) is 0 Å². The Morgan fingerprint density at radius 3 is 1.00 bits per heavy atom. The van der Waals surface area contributed by atoms with E-state index in [0.29, 0.717) is 0 Å². The molecule has 0 fully saturated rings. The third kappa shape index (κ3) is 9.00. The summed E-state index contributed by atoms with van der Waals surface area (Å²) < 4.78 is 0. The first kappa shape index (κ1) is 26.6. The summed E-state index contributed by atoms with van der Waals surface area (Å²) in [6, 6.07) is 0. The third-order valence-corrected chi connectivity index (χ3v) is 0. The van der Waals surface area contributed by atoms with Gasteiger partial charge in [-0.05, 0) is 0 Å². The van der Waals surface area contributed by atoms with E-state index < -0.39 is 0 Å². The minimum Gasteiger partial charge on any atom is 0 e. The Morgan fingerprint density at radius 2 is 1.00 bits per heavy atom. The summed E-state index contributed by atoms with van der Waals surface area (Å²) in [6.45, 7) is 0. The van der Waals surface area contributed by atoms with Gasteiger partial charge < -0.3 is 0 Å². The first-order chi connectivity index (χ1) is 0. The van der Waals surface area contributed by atoms with E-state index >= 15 is 0 Å². The Hall–Kier alpha value is 3.29. The molecule has 0 saturated carbocycles. The average Bonchev–Trinajstić information content (AvgIpc) is 0. The fourth-order valence-corrected chi connectivity index (χ4v) is 0. The van der Waals surface area contributed by atoms with E-state index in [1.807, 2.05) is 0 Å². The van der Waals surface area contributed by atoms with Gasteiger partial charge in [0.15, 0.2) is 0 Å². The van der Waals surface area contributed by atoms with E-state index in [4.69, 9.17) is 0 Å². The van der Waals surface area contributed by atoms with Crippen LogP contribution in [0.4, 0.5) is 0 Å². The summed E-state index contributed by atoms with van der Waals surface area (Å²) in [5.74, 6) is 0. The van der Waals surface area contributed by atoms with Crippen LogP contribution >= 0.6 is 0 Å². The quantitative estimate of drug-likeness (QED) is 0.515. The Bertz CT molecular complexity index is 8.00. The molecule has 0 aromatic heterocycles. The first-order valence-electron chi connectivity index (χ1n) is 0. The molecular formula is FeLaPrSi. The van der Waals surface area contributed by atoms with Gasteiger partial charge in [-0.15, -0.1) is 0 Å². The van der Waals surface area contributed by atoms with Gasteiger partial charge in [-0.2, -0.15) is 0 Å². The van der Waals surface area contributed by atoms with E-state index in [0.717, 1.165) is 0 Å². The Kier molecular flexibility index (Phi) is 108. The molecule has 0 N–H and O–H groups in total. The van der Waals surface area contributed by atoms with Gasteiger partial charge in [-0.1, -0.05) is 0 Å². The molecule has 0 aliphatic rings. The van der Waals surface area contributed by atoms with Crippen LogP contribution in [0.2, 0.25) is 0 Å². The van der Waals surface area contributed by atoms with Gasteiger partial charge in [0.25, 0.3) is 0 Å². The molecule has 0 atom stereocenters. The van der Waals surface area contributed by atoms with Crippen molar-refractivity contribution in [3.8, 4) is 0 Å². The Morgan fingerprint density at radius 1 is 1.00 bits per heavy atom. The largest absolute Gasteiger partial charge is 0 e. The molecule has 0 amide bonds. The first-order valence-corrected chi connectivity index (χ1v) is 0. The van der Waals surface area contributed by atoms with Gasteiger partial charge >= 0.3 is 0 Å². The predicted octanol–water partition coefficient (Wildman–Crippen LogP) is -0.383. The zero-order chi connectivity index (χ0) is 0. The zero-order valence-corrected chi connectivity index (χ0v) is 11.4. The van der Waals surface area contributed by atoms with E-state index in [9.17, 15) is 0 Å². The Balaban J connectivity index is 0. The molecule has 0 bridgehead atoms. The molecule has 0 unspecified atom stereocenters. The molecule has 0 aliphatic heterocycles. The SMILES string of the molecule is [Fe].[La].[Pr].[Si]. The second kappa shape index (κ2) is 16.3. The monoisotopic (exact) mass is 364 g/mol. The summed E-state index contributed by atoms with van der Waals surface area (Å²) in [4.78, 5) is 0. The third-order valence-electron chi connectivity index (χ3n) is 0. The smallest absolute Gasteiger partial charge is 0 e. The van der Waals surface area contributed by atoms with Gasteiger partial charge in [0.05, 0.1) is 0 Å². The van der Waals surface area contributed by atoms with Crippen LogP contribution in [0.1, 0.15) is 0 Å². The molecule has 4 heavy (non-hydrogen) atoms. The van der Waals surface area contributed by atoms with Crippen molar-refractivity contribution in [1.82, 2.24) is 0 Å². The molecule has 6 radical (unpaired) electrons. The van der Waals surface area contributed by atoms with Gasteiger partial charge in [0.2, 0.25) is 0 Å². The molecule has 0 rings (SSSR count). The number of hydrogen-bond donors (Lipinski definition) is 0. The Labute approximate surface area is 102 Å². The molecule has 0 spiro atoms. The average molecular weight is 364 g/mol. The number of hydrogen-bond acceptors (Lipinski definition) is 0. The van der Waals surface area contributed by atoms with Crippen LogP contribution in [0.15, 0.2) is 0 Å². The van der Waals surface area contributed by atoms with Crippen molar-refractivity contribution in [2.24, 2.45) is 0 Å².